The van der Waals surface area contributed by atoms with Crippen LogP contribution in [0.1, 0.15) is 10.5 Å². The van der Waals surface area contributed by atoms with Gasteiger partial charge in [-0.3, -0.25) is 4.79 Å². The van der Waals surface area contributed by atoms with E-state index in [4.69, 9.17) is 16.3 Å². The van der Waals surface area contributed by atoms with E-state index >= 15 is 0 Å². The first kappa shape index (κ1) is 26.2. The average Bonchev–Trinajstić information content (AvgIpc) is 3.18. The maximum absolute atomic E-state index is 13.0. The Bertz CT molecular complexity index is 1590. The number of anilines is 2. The molecule has 0 saturated carbocycles. The number of methoxy groups -OCH3 is 1. The molecule has 0 fully saturated rings. The number of sulfonamides is 1. The van der Waals surface area contributed by atoms with Crippen LogP contribution in [0.25, 0.3) is 10.9 Å². The lowest BCUT2D eigenvalue weighted by Crippen LogP contribution is -2.31. The Morgan fingerprint density at radius 3 is 2.35 bits per heavy atom. The third-order valence-corrected chi connectivity index (χ3v) is 6.97. The Labute approximate surface area is 214 Å². The topological polar surface area (TPSA) is 98.7 Å². The van der Waals surface area contributed by atoms with Gasteiger partial charge in [0, 0.05) is 29.9 Å². The van der Waals surface area contributed by atoms with Crippen molar-refractivity contribution in [1.82, 2.24) is 9.29 Å². The van der Waals surface area contributed by atoms with Gasteiger partial charge in [-0.05, 0) is 54.6 Å². The van der Waals surface area contributed by atoms with Crippen molar-refractivity contribution in [3.8, 4) is 11.5 Å². The Kier molecular flexibility index (Phi) is 6.98. The summed E-state index contributed by atoms with van der Waals surface area (Å²) in [6.45, 7) is 0. The first-order chi connectivity index (χ1) is 17.4. The van der Waals surface area contributed by atoms with Crippen LogP contribution in [0.5, 0.6) is 11.5 Å². The van der Waals surface area contributed by atoms with E-state index in [2.05, 4.69) is 10.1 Å². The third kappa shape index (κ3) is 5.75. The molecule has 8 nitrogen and oxygen atoms in total. The van der Waals surface area contributed by atoms with E-state index in [-0.39, 0.29) is 5.69 Å². The largest absolute Gasteiger partial charge is 0.573 e. The van der Waals surface area contributed by atoms with E-state index in [1.807, 2.05) is 10.8 Å². The highest BCUT2D eigenvalue weighted by Gasteiger charge is 2.31. The average molecular weight is 554 g/mol. The molecule has 0 unspecified atom stereocenters. The van der Waals surface area contributed by atoms with Crippen molar-refractivity contribution in [1.29, 1.82) is 0 Å². The summed E-state index contributed by atoms with van der Waals surface area (Å²) in [5.41, 5.74) is 1.77. The molecule has 4 aromatic rings. The van der Waals surface area contributed by atoms with E-state index < -0.39 is 32.9 Å². The van der Waals surface area contributed by atoms with Crippen LogP contribution in [0.2, 0.25) is 5.02 Å². The van der Waals surface area contributed by atoms with Gasteiger partial charge in [0.2, 0.25) is 0 Å². The fourth-order valence-electron chi connectivity index (χ4n) is 3.66. The minimum Gasteiger partial charge on any atom is -0.497 e. The van der Waals surface area contributed by atoms with Gasteiger partial charge in [-0.2, -0.15) is 0 Å². The van der Waals surface area contributed by atoms with Crippen molar-refractivity contribution < 1.29 is 35.9 Å². The van der Waals surface area contributed by atoms with Gasteiger partial charge >= 0.3 is 6.36 Å². The second kappa shape index (κ2) is 9.87. The molecule has 37 heavy (non-hydrogen) atoms. The number of carbonyl (C=O) groups is 1. The van der Waals surface area contributed by atoms with Crippen LogP contribution in [0.4, 0.5) is 24.5 Å². The SMILES string of the molecule is COc1cccc(Nc2ccc(Cl)c3c2cc(C(=O)NS(=O)(=O)c2ccc(OC(F)(F)F)cc2)n3C)c1. The normalized spacial score (nSPS) is 11.8. The molecule has 0 spiro atoms. The minimum absolute atomic E-state index is 0.0163. The molecule has 0 radical (unpaired) electrons. The first-order valence-electron chi connectivity index (χ1n) is 10.5. The Balaban J connectivity index is 1.63. The lowest BCUT2D eigenvalue weighted by atomic mass is 10.2. The predicted molar refractivity (Wildman–Crippen MR) is 132 cm³/mol. The van der Waals surface area contributed by atoms with Gasteiger partial charge in [-0.15, -0.1) is 13.2 Å². The van der Waals surface area contributed by atoms with E-state index in [0.717, 1.165) is 24.3 Å². The van der Waals surface area contributed by atoms with Gasteiger partial charge in [0.25, 0.3) is 15.9 Å². The Hall–Kier alpha value is -3.90. The van der Waals surface area contributed by atoms with Gasteiger partial charge in [-0.1, -0.05) is 17.7 Å². The number of carbonyl (C=O) groups excluding carboxylic acids is 1. The first-order valence-corrected chi connectivity index (χ1v) is 12.4. The minimum atomic E-state index is -4.93. The third-order valence-electron chi connectivity index (χ3n) is 5.32. The van der Waals surface area contributed by atoms with Crippen molar-refractivity contribution in [3.63, 3.8) is 0 Å². The van der Waals surface area contributed by atoms with E-state index in [0.29, 0.717) is 33.0 Å². The van der Waals surface area contributed by atoms with Gasteiger partial charge < -0.3 is 19.4 Å². The van der Waals surface area contributed by atoms with Crippen LogP contribution in [0.15, 0.2) is 71.6 Å². The number of hydrogen-bond donors (Lipinski definition) is 2. The summed E-state index contributed by atoms with van der Waals surface area (Å²) in [6, 6.07) is 15.5. The number of benzene rings is 3. The molecule has 0 saturated heterocycles. The highest BCUT2D eigenvalue weighted by atomic mass is 35.5. The van der Waals surface area contributed by atoms with Crippen LogP contribution >= 0.6 is 11.6 Å². The Morgan fingerprint density at radius 2 is 1.70 bits per heavy atom. The van der Waals surface area contributed by atoms with Crippen LogP contribution in [0, 0.1) is 0 Å². The van der Waals surface area contributed by atoms with Gasteiger partial charge in [0.05, 0.1) is 22.5 Å². The predicted octanol–water partition coefficient (Wildman–Crippen LogP) is 5.60. The highest BCUT2D eigenvalue weighted by Crippen LogP contribution is 2.34. The number of nitrogens with one attached hydrogen (secondary N) is 2. The van der Waals surface area contributed by atoms with Crippen molar-refractivity contribution >= 4 is 49.8 Å². The number of ether oxygens (including phenoxy) is 2. The molecule has 1 aromatic heterocycles. The van der Waals surface area contributed by atoms with Crippen molar-refractivity contribution in [2.24, 2.45) is 7.05 Å². The number of aromatic nitrogens is 1. The standard InChI is InChI=1S/C24H19ClF3N3O5S/c1-31-21(23(32)30-37(33,34)17-8-6-15(7-9-17)36-24(26,27)28)13-18-20(11-10-19(25)22(18)31)29-14-4-3-5-16(12-14)35-2/h3-13,29H,1-2H3,(H,30,32). The lowest BCUT2D eigenvalue weighted by Gasteiger charge is -2.11. The number of alkyl halides is 3. The summed E-state index contributed by atoms with van der Waals surface area (Å²) in [5.74, 6) is -0.929. The maximum Gasteiger partial charge on any atom is 0.573 e. The zero-order chi connectivity index (χ0) is 27.0. The van der Waals surface area contributed by atoms with Crippen molar-refractivity contribution in [2.45, 2.75) is 11.3 Å². The molecular weight excluding hydrogens is 535 g/mol. The fourth-order valence-corrected chi connectivity index (χ4v) is 4.91. The number of rotatable bonds is 7. The molecule has 0 aliphatic carbocycles. The number of fused-ring (bicyclic) bond motifs is 1. The second-order valence-electron chi connectivity index (χ2n) is 7.76. The van der Waals surface area contributed by atoms with Gasteiger partial charge in [0.1, 0.15) is 17.2 Å². The van der Waals surface area contributed by atoms with E-state index in [1.54, 1.807) is 44.5 Å². The summed E-state index contributed by atoms with van der Waals surface area (Å²) in [5, 5.41) is 4.11. The van der Waals surface area contributed by atoms with E-state index in [1.165, 1.54) is 10.6 Å². The van der Waals surface area contributed by atoms with Crippen molar-refractivity contribution in [3.05, 3.63) is 77.4 Å². The molecule has 13 heteroatoms. The van der Waals surface area contributed by atoms with E-state index in [9.17, 15) is 26.4 Å². The highest BCUT2D eigenvalue weighted by molar-refractivity contribution is 7.90. The fraction of sp³-hybridized carbons (Fsp3) is 0.125. The molecular formula is C24H19ClF3N3O5S. The molecule has 194 valence electrons. The number of amides is 1. The number of nitrogens with zero attached hydrogens (tertiary/aromatic N) is 1. The maximum atomic E-state index is 13.0. The molecule has 4 rings (SSSR count). The summed E-state index contributed by atoms with van der Waals surface area (Å²) in [6.07, 6.45) is -4.93. The summed E-state index contributed by atoms with van der Waals surface area (Å²) in [7, 11) is -1.32. The molecule has 2 N–H and O–H groups in total. The molecule has 1 amide bonds. The number of aryl methyl sites for hydroxylation is 1. The van der Waals surface area contributed by atoms with Gasteiger partial charge in [-0.25, -0.2) is 13.1 Å². The van der Waals surface area contributed by atoms with Crippen LogP contribution in [0.3, 0.4) is 0 Å². The van der Waals surface area contributed by atoms with Crippen LogP contribution in [-0.2, 0) is 17.1 Å². The monoisotopic (exact) mass is 553 g/mol. The molecule has 0 aliphatic rings. The second-order valence-corrected chi connectivity index (χ2v) is 9.85. The quantitative estimate of drug-likeness (QED) is 0.309. The van der Waals surface area contributed by atoms with Gasteiger partial charge in [0.15, 0.2) is 0 Å². The summed E-state index contributed by atoms with van der Waals surface area (Å²) < 4.78 is 74.8. The molecule has 0 atom stereocenters. The molecule has 0 bridgehead atoms. The Morgan fingerprint density at radius 1 is 1.00 bits per heavy atom. The number of halogens is 4. The molecule has 0 aliphatic heterocycles. The van der Waals surface area contributed by atoms with Crippen molar-refractivity contribution in [2.75, 3.05) is 12.4 Å². The molecule has 3 aromatic carbocycles. The lowest BCUT2D eigenvalue weighted by molar-refractivity contribution is -0.274. The van der Waals surface area contributed by atoms with Crippen LogP contribution < -0.4 is 19.5 Å². The zero-order valence-electron chi connectivity index (χ0n) is 19.3. The molecule has 1 heterocycles. The van der Waals surface area contributed by atoms with Crippen LogP contribution in [-0.4, -0.2) is 32.4 Å². The zero-order valence-corrected chi connectivity index (χ0v) is 20.8. The summed E-state index contributed by atoms with van der Waals surface area (Å²) >= 11 is 6.38. The smallest absolute Gasteiger partial charge is 0.497 e. The summed E-state index contributed by atoms with van der Waals surface area (Å²) in [4.78, 5) is 12.6. The number of hydrogen-bond acceptors (Lipinski definition) is 6.